The molecule has 0 radical (unpaired) electrons. The van der Waals surface area contributed by atoms with Crippen LogP contribution in [0.4, 0.5) is 5.82 Å². The molecule has 2 aliphatic heterocycles. The lowest BCUT2D eigenvalue weighted by Crippen LogP contribution is -2.41. The van der Waals surface area contributed by atoms with Gasteiger partial charge in [-0.1, -0.05) is 29.8 Å². The molecule has 1 unspecified atom stereocenters. The van der Waals surface area contributed by atoms with Crippen LogP contribution in [0.2, 0.25) is 0 Å². The highest BCUT2D eigenvalue weighted by molar-refractivity contribution is 5.81. The maximum Gasteiger partial charge on any atom is 0.185 e. The summed E-state index contributed by atoms with van der Waals surface area (Å²) in [6.07, 6.45) is 0.850. The third-order valence-electron chi connectivity index (χ3n) is 5.50. The summed E-state index contributed by atoms with van der Waals surface area (Å²) in [5.74, 6) is 0.295. The van der Waals surface area contributed by atoms with Crippen LogP contribution in [0.15, 0.2) is 36.9 Å². The Labute approximate surface area is 161 Å². The standard InChI is InChI=1S/C19H21N5O4/c1-10-3-5-11(6-4-10)17-27-14-12(7-25)26-18(19(14,2)28-17)24-9-23-13-15(20)21-8-22-16(13)24/h3-6,8-9,12,14,17-18,25H,7H2,1-2H3,(H2,20,21,22)/t12-,14-,17?,18-,19-/m1/s1. The summed E-state index contributed by atoms with van der Waals surface area (Å²) in [5, 5.41) is 9.86. The second-order valence-corrected chi connectivity index (χ2v) is 7.39. The lowest BCUT2D eigenvalue weighted by atomic mass is 9.96. The predicted octanol–water partition coefficient (Wildman–Crippen LogP) is 1.48. The topological polar surface area (TPSA) is 118 Å². The van der Waals surface area contributed by atoms with Crippen molar-refractivity contribution < 1.29 is 19.3 Å². The zero-order valence-electron chi connectivity index (χ0n) is 15.5. The van der Waals surface area contributed by atoms with Crippen LogP contribution in [0.3, 0.4) is 0 Å². The second kappa shape index (κ2) is 6.21. The smallest absolute Gasteiger partial charge is 0.185 e. The van der Waals surface area contributed by atoms with Crippen LogP contribution in [-0.4, -0.2) is 49.0 Å². The molecule has 146 valence electrons. The van der Waals surface area contributed by atoms with E-state index in [1.165, 1.54) is 6.33 Å². The highest BCUT2D eigenvalue weighted by atomic mass is 16.8. The van der Waals surface area contributed by atoms with Gasteiger partial charge < -0.3 is 25.1 Å². The molecule has 4 heterocycles. The molecule has 0 aliphatic carbocycles. The first-order valence-electron chi connectivity index (χ1n) is 9.10. The Kier molecular flexibility index (Phi) is 3.88. The molecule has 0 bridgehead atoms. The molecular weight excluding hydrogens is 362 g/mol. The Balaban J connectivity index is 1.54. The number of imidazole rings is 1. The molecule has 1 aromatic carbocycles. The summed E-state index contributed by atoms with van der Waals surface area (Å²) in [6.45, 7) is 3.76. The summed E-state index contributed by atoms with van der Waals surface area (Å²) < 4.78 is 20.4. The first kappa shape index (κ1) is 17.5. The Bertz CT molecular complexity index is 1020. The van der Waals surface area contributed by atoms with Gasteiger partial charge >= 0.3 is 0 Å². The zero-order valence-corrected chi connectivity index (χ0v) is 15.5. The molecule has 5 atom stereocenters. The van der Waals surface area contributed by atoms with Crippen molar-refractivity contribution in [2.24, 2.45) is 0 Å². The maximum absolute atomic E-state index is 9.86. The van der Waals surface area contributed by atoms with E-state index in [2.05, 4.69) is 15.0 Å². The van der Waals surface area contributed by atoms with E-state index in [9.17, 15) is 5.11 Å². The van der Waals surface area contributed by atoms with Crippen molar-refractivity contribution in [2.45, 2.75) is 44.2 Å². The van der Waals surface area contributed by atoms with Gasteiger partial charge in [0, 0.05) is 5.56 Å². The fourth-order valence-electron chi connectivity index (χ4n) is 4.01. The number of nitrogens with zero attached hydrogens (tertiary/aromatic N) is 4. The first-order chi connectivity index (χ1) is 13.5. The minimum atomic E-state index is -0.851. The number of ether oxygens (including phenoxy) is 3. The number of aryl methyl sites for hydroxylation is 1. The molecule has 2 aliphatic rings. The van der Waals surface area contributed by atoms with Gasteiger partial charge in [-0.2, -0.15) is 0 Å². The van der Waals surface area contributed by atoms with Crippen molar-refractivity contribution in [1.29, 1.82) is 0 Å². The van der Waals surface area contributed by atoms with Gasteiger partial charge in [0.1, 0.15) is 29.7 Å². The lowest BCUT2D eigenvalue weighted by Gasteiger charge is -2.28. The van der Waals surface area contributed by atoms with E-state index in [1.807, 2.05) is 38.1 Å². The summed E-state index contributed by atoms with van der Waals surface area (Å²) in [5.41, 5.74) is 8.16. The molecule has 28 heavy (non-hydrogen) atoms. The van der Waals surface area contributed by atoms with Crippen LogP contribution >= 0.6 is 0 Å². The number of nitrogens with two attached hydrogens (primary N) is 1. The average molecular weight is 383 g/mol. The average Bonchev–Trinajstić information content (AvgIpc) is 3.33. The Hall–Kier alpha value is -2.59. The quantitative estimate of drug-likeness (QED) is 0.698. The van der Waals surface area contributed by atoms with Crippen molar-refractivity contribution in [3.8, 4) is 0 Å². The van der Waals surface area contributed by atoms with Crippen molar-refractivity contribution >= 4 is 17.0 Å². The van der Waals surface area contributed by atoms with Gasteiger partial charge in [-0.05, 0) is 13.8 Å². The molecule has 2 fully saturated rings. The van der Waals surface area contributed by atoms with E-state index >= 15 is 0 Å². The summed E-state index contributed by atoms with van der Waals surface area (Å²) >= 11 is 0. The van der Waals surface area contributed by atoms with Crippen molar-refractivity contribution in [3.05, 3.63) is 48.0 Å². The van der Waals surface area contributed by atoms with E-state index in [-0.39, 0.29) is 6.61 Å². The monoisotopic (exact) mass is 383 g/mol. The number of hydrogen-bond acceptors (Lipinski definition) is 8. The minimum Gasteiger partial charge on any atom is -0.394 e. The number of anilines is 1. The second-order valence-electron chi connectivity index (χ2n) is 7.39. The number of nitrogen functional groups attached to an aromatic ring is 1. The SMILES string of the molecule is Cc1ccc(C2O[C@@H]3[C@@H](CO)O[C@@H](n4cnc5c(N)ncnc54)[C@]3(C)O2)cc1. The predicted molar refractivity (Wildman–Crippen MR) is 99.0 cm³/mol. The summed E-state index contributed by atoms with van der Waals surface area (Å²) in [6, 6.07) is 7.99. The van der Waals surface area contributed by atoms with Crippen LogP contribution in [0, 0.1) is 6.92 Å². The third kappa shape index (κ3) is 2.44. The van der Waals surface area contributed by atoms with Crippen LogP contribution in [-0.2, 0) is 14.2 Å². The van der Waals surface area contributed by atoms with Crippen LogP contribution in [0.25, 0.3) is 11.2 Å². The molecule has 0 amide bonds. The van der Waals surface area contributed by atoms with E-state index in [4.69, 9.17) is 19.9 Å². The molecule has 3 N–H and O–H groups in total. The number of aliphatic hydroxyl groups excluding tert-OH is 1. The zero-order chi connectivity index (χ0) is 19.5. The number of fused-ring (bicyclic) bond motifs is 2. The first-order valence-corrected chi connectivity index (χ1v) is 9.10. The lowest BCUT2D eigenvalue weighted by molar-refractivity contribution is -0.174. The number of aliphatic hydroxyl groups is 1. The fourth-order valence-corrected chi connectivity index (χ4v) is 4.01. The molecular formula is C19H21N5O4. The van der Waals surface area contributed by atoms with Gasteiger partial charge in [0.05, 0.1) is 12.9 Å². The van der Waals surface area contributed by atoms with Crippen molar-refractivity contribution in [3.63, 3.8) is 0 Å². The van der Waals surface area contributed by atoms with E-state index in [0.717, 1.165) is 11.1 Å². The Morgan fingerprint density at radius 1 is 1.18 bits per heavy atom. The number of aromatic nitrogens is 4. The minimum absolute atomic E-state index is 0.190. The van der Waals surface area contributed by atoms with Gasteiger partial charge in [0.15, 0.2) is 24.0 Å². The molecule has 3 aromatic rings. The molecule has 5 rings (SSSR count). The van der Waals surface area contributed by atoms with Crippen molar-refractivity contribution in [2.75, 3.05) is 12.3 Å². The van der Waals surface area contributed by atoms with Gasteiger partial charge in [0.25, 0.3) is 0 Å². The van der Waals surface area contributed by atoms with Gasteiger partial charge in [-0.25, -0.2) is 15.0 Å². The molecule has 2 aromatic heterocycles. The molecule has 9 nitrogen and oxygen atoms in total. The van der Waals surface area contributed by atoms with Gasteiger partial charge in [0.2, 0.25) is 0 Å². The highest BCUT2D eigenvalue weighted by Crippen LogP contribution is 2.52. The number of benzene rings is 1. The number of hydrogen-bond donors (Lipinski definition) is 2. The van der Waals surface area contributed by atoms with Crippen LogP contribution in [0.1, 0.15) is 30.6 Å². The van der Waals surface area contributed by atoms with E-state index in [1.54, 1.807) is 10.9 Å². The van der Waals surface area contributed by atoms with Gasteiger partial charge in [-0.3, -0.25) is 4.57 Å². The maximum atomic E-state index is 9.86. The van der Waals surface area contributed by atoms with E-state index < -0.39 is 30.3 Å². The Morgan fingerprint density at radius 2 is 1.96 bits per heavy atom. The van der Waals surface area contributed by atoms with Crippen LogP contribution < -0.4 is 5.73 Å². The largest absolute Gasteiger partial charge is 0.394 e. The number of rotatable bonds is 3. The molecule has 9 heteroatoms. The van der Waals surface area contributed by atoms with Crippen LogP contribution in [0.5, 0.6) is 0 Å². The van der Waals surface area contributed by atoms with Crippen molar-refractivity contribution in [1.82, 2.24) is 19.5 Å². The highest BCUT2D eigenvalue weighted by Gasteiger charge is 2.62. The summed E-state index contributed by atoms with van der Waals surface area (Å²) in [4.78, 5) is 12.6. The molecule has 2 saturated heterocycles. The van der Waals surface area contributed by atoms with Gasteiger partial charge in [-0.15, -0.1) is 0 Å². The van der Waals surface area contributed by atoms with E-state index in [0.29, 0.717) is 17.0 Å². The fraction of sp³-hybridized carbons (Fsp3) is 0.421. The molecule has 0 spiro atoms. The normalized spacial score (nSPS) is 32.1. The molecule has 0 saturated carbocycles. The summed E-state index contributed by atoms with van der Waals surface area (Å²) in [7, 11) is 0. The Morgan fingerprint density at radius 3 is 2.71 bits per heavy atom. The third-order valence-corrected chi connectivity index (χ3v) is 5.50.